The van der Waals surface area contributed by atoms with Crippen molar-refractivity contribution in [2.45, 2.75) is 52.6 Å². The number of hydrogen-bond donors (Lipinski definition) is 1. The van der Waals surface area contributed by atoms with E-state index in [1.54, 1.807) is 6.39 Å². The first kappa shape index (κ1) is 14.8. The van der Waals surface area contributed by atoms with Crippen LogP contribution in [0.15, 0.2) is 35.1 Å². The summed E-state index contributed by atoms with van der Waals surface area (Å²) in [4.78, 5) is 4.32. The predicted molar refractivity (Wildman–Crippen MR) is 81.7 cm³/mol. The molecule has 0 amide bonds. The van der Waals surface area contributed by atoms with Crippen LogP contribution in [0.1, 0.15) is 43.4 Å². The number of oxazole rings is 1. The SMILES string of the molecule is Cc1ccc(CCc2ocnc2CNC(C)(C)C)cc1. The van der Waals surface area contributed by atoms with Gasteiger partial charge in [0.25, 0.3) is 0 Å². The number of nitrogens with zero attached hydrogens (tertiary/aromatic N) is 1. The fraction of sp³-hybridized carbons (Fsp3) is 0.471. The van der Waals surface area contributed by atoms with E-state index in [1.165, 1.54) is 11.1 Å². The summed E-state index contributed by atoms with van der Waals surface area (Å²) in [6, 6.07) is 8.66. The maximum absolute atomic E-state index is 5.52. The zero-order chi connectivity index (χ0) is 14.6. The highest BCUT2D eigenvalue weighted by Crippen LogP contribution is 2.13. The molecule has 0 aliphatic heterocycles. The second-order valence-corrected chi connectivity index (χ2v) is 6.31. The fourth-order valence-electron chi connectivity index (χ4n) is 2.00. The Hall–Kier alpha value is -1.61. The molecule has 0 spiro atoms. The van der Waals surface area contributed by atoms with Crippen LogP contribution in [0.2, 0.25) is 0 Å². The summed E-state index contributed by atoms with van der Waals surface area (Å²) >= 11 is 0. The minimum absolute atomic E-state index is 0.0905. The summed E-state index contributed by atoms with van der Waals surface area (Å²) in [7, 11) is 0. The van der Waals surface area contributed by atoms with Gasteiger partial charge in [-0.2, -0.15) is 0 Å². The zero-order valence-corrected chi connectivity index (χ0v) is 12.9. The normalized spacial score (nSPS) is 11.8. The Morgan fingerprint density at radius 3 is 2.45 bits per heavy atom. The minimum atomic E-state index is 0.0905. The molecule has 1 aromatic heterocycles. The highest BCUT2D eigenvalue weighted by molar-refractivity contribution is 5.22. The molecule has 0 radical (unpaired) electrons. The lowest BCUT2D eigenvalue weighted by Crippen LogP contribution is -2.35. The van der Waals surface area contributed by atoms with Crippen molar-refractivity contribution in [2.24, 2.45) is 0 Å². The maximum atomic E-state index is 5.52. The van der Waals surface area contributed by atoms with Crippen molar-refractivity contribution in [3.05, 3.63) is 53.2 Å². The Kier molecular flexibility index (Phi) is 4.61. The van der Waals surface area contributed by atoms with Crippen LogP contribution >= 0.6 is 0 Å². The van der Waals surface area contributed by atoms with E-state index in [4.69, 9.17) is 4.42 Å². The third kappa shape index (κ3) is 4.49. The number of nitrogens with one attached hydrogen (secondary N) is 1. The van der Waals surface area contributed by atoms with Crippen molar-refractivity contribution < 1.29 is 4.42 Å². The van der Waals surface area contributed by atoms with Gasteiger partial charge in [0.2, 0.25) is 0 Å². The number of aryl methyl sites for hydroxylation is 3. The lowest BCUT2D eigenvalue weighted by Gasteiger charge is -2.19. The van der Waals surface area contributed by atoms with E-state index in [2.05, 4.69) is 62.3 Å². The standard InChI is InChI=1S/C17H24N2O/c1-13-5-7-14(8-6-13)9-10-16-15(18-12-20-16)11-19-17(2,3)4/h5-8,12,19H,9-11H2,1-4H3. The molecule has 108 valence electrons. The highest BCUT2D eigenvalue weighted by atomic mass is 16.3. The second kappa shape index (κ2) is 6.23. The van der Waals surface area contributed by atoms with Gasteiger partial charge >= 0.3 is 0 Å². The van der Waals surface area contributed by atoms with Crippen molar-refractivity contribution in [1.29, 1.82) is 0 Å². The van der Waals surface area contributed by atoms with E-state index in [0.717, 1.165) is 30.8 Å². The topological polar surface area (TPSA) is 38.1 Å². The van der Waals surface area contributed by atoms with Gasteiger partial charge in [-0.05, 0) is 39.7 Å². The van der Waals surface area contributed by atoms with E-state index in [9.17, 15) is 0 Å². The highest BCUT2D eigenvalue weighted by Gasteiger charge is 2.13. The molecule has 0 aliphatic carbocycles. The van der Waals surface area contributed by atoms with Gasteiger partial charge < -0.3 is 9.73 Å². The van der Waals surface area contributed by atoms with Crippen LogP contribution in [0.5, 0.6) is 0 Å². The van der Waals surface area contributed by atoms with Gasteiger partial charge in [0.05, 0.1) is 5.69 Å². The van der Waals surface area contributed by atoms with Crippen molar-refractivity contribution in [3.63, 3.8) is 0 Å². The van der Waals surface area contributed by atoms with E-state index >= 15 is 0 Å². The van der Waals surface area contributed by atoms with Crippen LogP contribution in [0, 0.1) is 6.92 Å². The van der Waals surface area contributed by atoms with Crippen LogP contribution < -0.4 is 5.32 Å². The first-order chi connectivity index (χ1) is 9.44. The molecule has 0 fully saturated rings. The lowest BCUT2D eigenvalue weighted by atomic mass is 10.1. The first-order valence-electron chi connectivity index (χ1n) is 7.16. The molecule has 1 N–H and O–H groups in total. The van der Waals surface area contributed by atoms with Gasteiger partial charge in [-0.3, -0.25) is 0 Å². The quantitative estimate of drug-likeness (QED) is 0.902. The molecule has 0 bridgehead atoms. The Balaban J connectivity index is 1.93. The van der Waals surface area contributed by atoms with E-state index in [0.29, 0.717) is 0 Å². The van der Waals surface area contributed by atoms with Gasteiger partial charge in [-0.25, -0.2) is 4.98 Å². The summed E-state index contributed by atoms with van der Waals surface area (Å²) < 4.78 is 5.52. The largest absolute Gasteiger partial charge is 0.448 e. The van der Waals surface area contributed by atoms with Gasteiger partial charge in [0.15, 0.2) is 6.39 Å². The number of aromatic nitrogens is 1. The van der Waals surface area contributed by atoms with Crippen LogP contribution in [0.4, 0.5) is 0 Å². The Bertz CT molecular complexity index is 535. The second-order valence-electron chi connectivity index (χ2n) is 6.31. The van der Waals surface area contributed by atoms with Crippen molar-refractivity contribution in [2.75, 3.05) is 0 Å². The molecular weight excluding hydrogens is 248 g/mol. The summed E-state index contributed by atoms with van der Waals surface area (Å²) in [5, 5.41) is 3.45. The van der Waals surface area contributed by atoms with E-state index in [1.807, 2.05) is 0 Å². The maximum Gasteiger partial charge on any atom is 0.181 e. The molecule has 1 aromatic carbocycles. The molecule has 1 heterocycles. The number of benzene rings is 1. The third-order valence-electron chi connectivity index (χ3n) is 3.27. The first-order valence-corrected chi connectivity index (χ1v) is 7.16. The molecular formula is C17H24N2O. The van der Waals surface area contributed by atoms with Crippen LogP contribution in [0.3, 0.4) is 0 Å². The predicted octanol–water partition coefficient (Wildman–Crippen LogP) is 3.66. The minimum Gasteiger partial charge on any atom is -0.448 e. The molecule has 3 heteroatoms. The average Bonchev–Trinajstić information content (AvgIpc) is 2.82. The molecule has 0 unspecified atom stereocenters. The summed E-state index contributed by atoms with van der Waals surface area (Å²) in [6.45, 7) is 9.32. The molecule has 2 aromatic rings. The molecule has 2 rings (SSSR count). The number of hydrogen-bond acceptors (Lipinski definition) is 3. The molecule has 0 atom stereocenters. The van der Waals surface area contributed by atoms with Gasteiger partial charge in [0, 0.05) is 18.5 Å². The summed E-state index contributed by atoms with van der Waals surface area (Å²) in [5.74, 6) is 0.988. The Morgan fingerprint density at radius 2 is 1.80 bits per heavy atom. The van der Waals surface area contributed by atoms with Gasteiger partial charge in [-0.1, -0.05) is 29.8 Å². The lowest BCUT2D eigenvalue weighted by molar-refractivity contribution is 0.417. The molecule has 0 saturated heterocycles. The smallest absolute Gasteiger partial charge is 0.181 e. The van der Waals surface area contributed by atoms with E-state index in [-0.39, 0.29) is 5.54 Å². The molecule has 3 nitrogen and oxygen atoms in total. The Morgan fingerprint density at radius 1 is 1.10 bits per heavy atom. The van der Waals surface area contributed by atoms with Gasteiger partial charge in [-0.15, -0.1) is 0 Å². The van der Waals surface area contributed by atoms with Crippen molar-refractivity contribution >= 4 is 0 Å². The summed E-state index contributed by atoms with van der Waals surface area (Å²) in [5.41, 5.74) is 3.74. The van der Waals surface area contributed by atoms with Crippen LogP contribution in [-0.2, 0) is 19.4 Å². The van der Waals surface area contributed by atoms with E-state index < -0.39 is 0 Å². The van der Waals surface area contributed by atoms with Crippen LogP contribution in [0.25, 0.3) is 0 Å². The Labute approximate surface area is 121 Å². The van der Waals surface area contributed by atoms with Gasteiger partial charge in [0.1, 0.15) is 5.76 Å². The molecule has 20 heavy (non-hydrogen) atoms. The average molecular weight is 272 g/mol. The number of rotatable bonds is 5. The van der Waals surface area contributed by atoms with Crippen LogP contribution in [-0.4, -0.2) is 10.5 Å². The third-order valence-corrected chi connectivity index (χ3v) is 3.27. The molecule has 0 aliphatic rings. The zero-order valence-electron chi connectivity index (χ0n) is 12.9. The van der Waals surface area contributed by atoms with Crippen molar-refractivity contribution in [3.8, 4) is 0 Å². The monoisotopic (exact) mass is 272 g/mol. The molecule has 0 saturated carbocycles. The summed E-state index contributed by atoms with van der Waals surface area (Å²) in [6.07, 6.45) is 3.42. The fourth-order valence-corrected chi connectivity index (χ4v) is 2.00. The van der Waals surface area contributed by atoms with Crippen molar-refractivity contribution in [1.82, 2.24) is 10.3 Å².